The Balaban J connectivity index is 1.80. The van der Waals surface area contributed by atoms with E-state index in [-0.39, 0.29) is 39.8 Å². The van der Waals surface area contributed by atoms with Crippen molar-refractivity contribution in [3.63, 3.8) is 0 Å². The van der Waals surface area contributed by atoms with Gasteiger partial charge < -0.3 is 20.2 Å². The highest BCUT2D eigenvalue weighted by molar-refractivity contribution is 6.00. The van der Waals surface area contributed by atoms with E-state index in [2.05, 4.69) is 15.3 Å². The third-order valence-corrected chi connectivity index (χ3v) is 5.45. The van der Waals surface area contributed by atoms with Gasteiger partial charge in [-0.1, -0.05) is 0 Å². The van der Waals surface area contributed by atoms with Crippen LogP contribution in [0.2, 0.25) is 0 Å². The number of carbonyl (C=O) groups is 2. The summed E-state index contributed by atoms with van der Waals surface area (Å²) in [6.07, 6.45) is -3.00. The van der Waals surface area contributed by atoms with Crippen LogP contribution in [-0.4, -0.2) is 34.8 Å². The molecular formula is C22H21F3N4O4. The number of nitrogens with zero attached hydrogens (tertiary/aromatic N) is 2. The first kappa shape index (κ1) is 22.7. The Kier molecular flexibility index (Phi) is 5.83. The van der Waals surface area contributed by atoms with Gasteiger partial charge in [-0.05, 0) is 44.0 Å². The normalized spacial score (nSPS) is 17.4. The molecule has 1 fully saturated rings. The van der Waals surface area contributed by atoms with Crippen molar-refractivity contribution in [1.82, 2.24) is 15.3 Å². The quantitative estimate of drug-likeness (QED) is 0.592. The lowest BCUT2D eigenvalue weighted by molar-refractivity contribution is -0.141. The van der Waals surface area contributed by atoms with E-state index < -0.39 is 29.9 Å². The van der Waals surface area contributed by atoms with Gasteiger partial charge in [-0.3, -0.25) is 9.59 Å². The lowest BCUT2D eigenvalue weighted by Gasteiger charge is -2.11. The van der Waals surface area contributed by atoms with Crippen molar-refractivity contribution in [2.24, 2.45) is 5.73 Å². The van der Waals surface area contributed by atoms with E-state index in [4.69, 9.17) is 14.9 Å². The first-order chi connectivity index (χ1) is 15.6. The monoisotopic (exact) mass is 462 g/mol. The molecule has 0 radical (unpaired) electrons. The van der Waals surface area contributed by atoms with Crippen molar-refractivity contribution in [3.05, 3.63) is 41.4 Å². The largest absolute Gasteiger partial charge is 0.494 e. The number of ketones is 1. The van der Waals surface area contributed by atoms with Crippen LogP contribution >= 0.6 is 0 Å². The van der Waals surface area contributed by atoms with Gasteiger partial charge in [-0.15, -0.1) is 0 Å². The number of alkyl halides is 3. The second-order valence-electron chi connectivity index (χ2n) is 7.81. The molecule has 1 aromatic carbocycles. The van der Waals surface area contributed by atoms with Gasteiger partial charge in [0.05, 0.1) is 19.2 Å². The lowest BCUT2D eigenvalue weighted by atomic mass is 10.1. The zero-order chi connectivity index (χ0) is 23.9. The molecule has 2 heterocycles. The maximum Gasteiger partial charge on any atom is 0.433 e. The number of amides is 1. The highest BCUT2D eigenvalue weighted by atomic mass is 19.4. The van der Waals surface area contributed by atoms with Gasteiger partial charge in [0.25, 0.3) is 5.91 Å². The van der Waals surface area contributed by atoms with Gasteiger partial charge in [0, 0.05) is 17.4 Å². The number of halogens is 3. The average molecular weight is 462 g/mol. The van der Waals surface area contributed by atoms with Gasteiger partial charge in [-0.2, -0.15) is 13.2 Å². The standard InChI is InChI=1S/C22H21F3N4O4/c1-10(26)19-18(20(31)27-13-4-3-5-14(13)30)29-21(33-19)12-6-8-15(32-2)17-11(12)7-9-16(28-17)22(23,24)25/h6-10,13H,3-5,26H2,1-2H3,(H,27,31)/t10-,13-/m0/s1. The molecule has 1 amide bonds. The molecule has 0 spiro atoms. The molecule has 0 aliphatic heterocycles. The summed E-state index contributed by atoms with van der Waals surface area (Å²) >= 11 is 0. The zero-order valence-corrected chi connectivity index (χ0v) is 17.8. The number of carbonyl (C=O) groups excluding carboxylic acids is 2. The topological polar surface area (TPSA) is 120 Å². The van der Waals surface area contributed by atoms with Gasteiger partial charge in [0.15, 0.2) is 17.2 Å². The third-order valence-electron chi connectivity index (χ3n) is 5.45. The van der Waals surface area contributed by atoms with Crippen molar-refractivity contribution < 1.29 is 31.9 Å². The van der Waals surface area contributed by atoms with Crippen LogP contribution in [0.1, 0.15) is 54.2 Å². The maximum atomic E-state index is 13.2. The Hall–Kier alpha value is -3.47. The van der Waals surface area contributed by atoms with Crippen molar-refractivity contribution in [2.45, 2.75) is 44.4 Å². The van der Waals surface area contributed by atoms with Gasteiger partial charge in [0.2, 0.25) is 5.89 Å². The number of fused-ring (bicyclic) bond motifs is 1. The number of hydrogen-bond donors (Lipinski definition) is 2. The van der Waals surface area contributed by atoms with Crippen LogP contribution in [0.25, 0.3) is 22.4 Å². The highest BCUT2D eigenvalue weighted by Crippen LogP contribution is 2.37. The Morgan fingerprint density at radius 1 is 1.27 bits per heavy atom. The minimum atomic E-state index is -4.64. The van der Waals surface area contributed by atoms with Crippen LogP contribution in [0.15, 0.2) is 28.7 Å². The molecular weight excluding hydrogens is 441 g/mol. The molecule has 2 atom stereocenters. The molecule has 174 valence electrons. The number of Topliss-reactive ketones (excluding diaryl/α,β-unsaturated/α-hetero) is 1. The van der Waals surface area contributed by atoms with E-state index in [1.807, 2.05) is 0 Å². The van der Waals surface area contributed by atoms with E-state index in [0.717, 1.165) is 6.07 Å². The Morgan fingerprint density at radius 3 is 2.64 bits per heavy atom. The molecule has 1 aliphatic rings. The van der Waals surface area contributed by atoms with Crippen molar-refractivity contribution in [1.29, 1.82) is 0 Å². The summed E-state index contributed by atoms with van der Waals surface area (Å²) in [5.74, 6) is -0.442. The molecule has 1 aliphatic carbocycles. The number of nitrogens with two attached hydrogens (primary N) is 1. The fourth-order valence-corrected chi connectivity index (χ4v) is 3.81. The molecule has 11 heteroatoms. The fraction of sp³-hybridized carbons (Fsp3) is 0.364. The predicted molar refractivity (Wildman–Crippen MR) is 112 cm³/mol. The summed E-state index contributed by atoms with van der Waals surface area (Å²) < 4.78 is 50.5. The average Bonchev–Trinajstić information content (AvgIpc) is 3.38. The van der Waals surface area contributed by atoms with Crippen molar-refractivity contribution in [2.75, 3.05) is 7.11 Å². The van der Waals surface area contributed by atoms with Gasteiger partial charge in [0.1, 0.15) is 17.0 Å². The summed E-state index contributed by atoms with van der Waals surface area (Å²) in [5.41, 5.74) is 5.09. The molecule has 33 heavy (non-hydrogen) atoms. The second-order valence-corrected chi connectivity index (χ2v) is 7.81. The van der Waals surface area contributed by atoms with E-state index in [1.165, 1.54) is 19.2 Å². The number of oxazole rings is 1. The zero-order valence-electron chi connectivity index (χ0n) is 17.8. The van der Waals surface area contributed by atoms with Crippen LogP contribution in [0.4, 0.5) is 13.2 Å². The van der Waals surface area contributed by atoms with Crippen LogP contribution in [0.5, 0.6) is 5.75 Å². The third kappa shape index (κ3) is 4.28. The number of methoxy groups -OCH3 is 1. The summed E-state index contributed by atoms with van der Waals surface area (Å²) in [6.45, 7) is 1.60. The lowest BCUT2D eigenvalue weighted by Crippen LogP contribution is -2.38. The predicted octanol–water partition coefficient (Wildman–Crippen LogP) is 3.79. The van der Waals surface area contributed by atoms with E-state index >= 15 is 0 Å². The van der Waals surface area contributed by atoms with Gasteiger partial charge >= 0.3 is 6.18 Å². The number of rotatable bonds is 5. The van der Waals surface area contributed by atoms with Crippen LogP contribution in [0.3, 0.4) is 0 Å². The number of hydrogen-bond acceptors (Lipinski definition) is 7. The van der Waals surface area contributed by atoms with Crippen LogP contribution in [-0.2, 0) is 11.0 Å². The minimum absolute atomic E-state index is 0.0144. The molecule has 8 nitrogen and oxygen atoms in total. The molecule has 4 rings (SSSR count). The highest BCUT2D eigenvalue weighted by Gasteiger charge is 2.34. The smallest absolute Gasteiger partial charge is 0.433 e. The first-order valence-electron chi connectivity index (χ1n) is 10.3. The molecule has 0 unspecified atom stereocenters. The molecule has 1 saturated carbocycles. The molecule has 0 bridgehead atoms. The summed E-state index contributed by atoms with van der Waals surface area (Å²) in [7, 11) is 1.32. The Morgan fingerprint density at radius 2 is 2.03 bits per heavy atom. The van der Waals surface area contributed by atoms with Crippen LogP contribution in [0, 0.1) is 0 Å². The summed E-state index contributed by atoms with van der Waals surface area (Å²) in [4.78, 5) is 32.7. The van der Waals surface area contributed by atoms with Crippen molar-refractivity contribution >= 4 is 22.6 Å². The SMILES string of the molecule is COc1ccc(-c2nc(C(=O)N[C@H]3CCCC3=O)c([C@H](C)N)o2)c2ccc(C(F)(F)F)nc12. The first-order valence-corrected chi connectivity index (χ1v) is 10.3. The number of benzene rings is 1. The second kappa shape index (κ2) is 8.47. The van der Waals surface area contributed by atoms with E-state index in [1.54, 1.807) is 13.0 Å². The Labute approximate surface area is 186 Å². The molecule has 0 saturated heterocycles. The summed E-state index contributed by atoms with van der Waals surface area (Å²) in [5, 5.41) is 2.95. The van der Waals surface area contributed by atoms with Crippen molar-refractivity contribution in [3.8, 4) is 17.2 Å². The number of aromatic nitrogens is 2. The fourth-order valence-electron chi connectivity index (χ4n) is 3.81. The molecule has 3 aromatic rings. The Bertz CT molecular complexity index is 1240. The van der Waals surface area contributed by atoms with Crippen LogP contribution < -0.4 is 15.8 Å². The number of ether oxygens (including phenoxy) is 1. The summed E-state index contributed by atoms with van der Waals surface area (Å²) in [6, 6.07) is 3.79. The molecule has 2 aromatic heterocycles. The number of pyridine rings is 1. The maximum absolute atomic E-state index is 13.2. The van der Waals surface area contributed by atoms with E-state index in [0.29, 0.717) is 24.8 Å². The van der Waals surface area contributed by atoms with Gasteiger partial charge in [-0.25, -0.2) is 9.97 Å². The number of nitrogens with one attached hydrogen (secondary N) is 1. The minimum Gasteiger partial charge on any atom is -0.494 e. The molecule has 3 N–H and O–H groups in total. The van der Waals surface area contributed by atoms with E-state index in [9.17, 15) is 22.8 Å².